The number of aliphatic hydroxyl groups is 1. The number of aryl methyl sites for hydroxylation is 1. The maximum Gasteiger partial charge on any atom is 0.109 e. The van der Waals surface area contributed by atoms with E-state index in [0.29, 0.717) is 10.0 Å². The molecular weight excluding hydrogens is 345 g/mol. The molecule has 7 heteroatoms. The van der Waals surface area contributed by atoms with Crippen LogP contribution in [-0.4, -0.2) is 33.3 Å². The Bertz CT molecular complexity index is 632. The van der Waals surface area contributed by atoms with E-state index in [-0.39, 0.29) is 24.6 Å². The van der Waals surface area contributed by atoms with Crippen molar-refractivity contribution >= 4 is 46.6 Å². The van der Waals surface area contributed by atoms with Crippen molar-refractivity contribution in [3.05, 3.63) is 28.5 Å². The van der Waals surface area contributed by atoms with Crippen molar-refractivity contribution in [3.8, 4) is 0 Å². The van der Waals surface area contributed by atoms with Crippen LogP contribution >= 0.6 is 35.6 Å². The highest BCUT2D eigenvalue weighted by Gasteiger charge is 2.21. The van der Waals surface area contributed by atoms with Crippen LogP contribution in [0.3, 0.4) is 0 Å². The Labute approximate surface area is 146 Å². The van der Waals surface area contributed by atoms with E-state index in [1.807, 2.05) is 6.07 Å². The summed E-state index contributed by atoms with van der Waals surface area (Å²) in [6.45, 7) is 1.86. The number of rotatable bonds is 4. The van der Waals surface area contributed by atoms with Crippen LogP contribution in [0.25, 0.3) is 11.0 Å². The molecule has 1 aromatic heterocycles. The van der Waals surface area contributed by atoms with Gasteiger partial charge in [0.25, 0.3) is 0 Å². The first-order valence-corrected chi connectivity index (χ1v) is 8.12. The molecule has 2 heterocycles. The summed E-state index contributed by atoms with van der Waals surface area (Å²) in [5.74, 6) is 0. The first kappa shape index (κ1) is 17.8. The van der Waals surface area contributed by atoms with Crippen molar-refractivity contribution < 1.29 is 5.11 Å². The van der Waals surface area contributed by atoms with E-state index in [4.69, 9.17) is 23.2 Å². The number of fused-ring (bicyclic) bond motifs is 1. The first-order valence-electron chi connectivity index (χ1n) is 7.37. The Kier molecular flexibility index (Phi) is 6.36. The van der Waals surface area contributed by atoms with Crippen molar-refractivity contribution in [2.45, 2.75) is 44.4 Å². The van der Waals surface area contributed by atoms with E-state index in [1.165, 1.54) is 0 Å². The van der Waals surface area contributed by atoms with Gasteiger partial charge in [0.1, 0.15) is 5.52 Å². The second-order valence-electron chi connectivity index (χ2n) is 5.58. The molecule has 3 rings (SSSR count). The Balaban J connectivity index is 0.00000176. The number of nitrogens with one attached hydrogen (secondary N) is 1. The van der Waals surface area contributed by atoms with Gasteiger partial charge in [0.05, 0.1) is 28.0 Å². The molecule has 2 N–H and O–H groups in total. The lowest BCUT2D eigenvalue weighted by Gasteiger charge is -2.29. The predicted octanol–water partition coefficient (Wildman–Crippen LogP) is 3.66. The third-order valence-electron chi connectivity index (χ3n) is 4.15. The number of hydrogen-bond acceptors (Lipinski definition) is 3. The fourth-order valence-electron chi connectivity index (χ4n) is 2.96. The largest absolute Gasteiger partial charge is 0.392 e. The average Bonchev–Trinajstić information content (AvgIpc) is 2.89. The zero-order chi connectivity index (χ0) is 14.8. The van der Waals surface area contributed by atoms with Gasteiger partial charge in [0, 0.05) is 12.6 Å². The van der Waals surface area contributed by atoms with E-state index >= 15 is 0 Å². The lowest BCUT2D eigenvalue weighted by atomic mass is 9.97. The second kappa shape index (κ2) is 7.84. The van der Waals surface area contributed by atoms with E-state index in [1.54, 1.807) is 12.4 Å². The molecule has 1 aliphatic rings. The molecule has 2 unspecified atom stereocenters. The van der Waals surface area contributed by atoms with Gasteiger partial charge in [-0.2, -0.15) is 0 Å². The van der Waals surface area contributed by atoms with Crippen LogP contribution in [0.2, 0.25) is 10.0 Å². The number of benzene rings is 1. The minimum absolute atomic E-state index is 0. The van der Waals surface area contributed by atoms with Gasteiger partial charge >= 0.3 is 0 Å². The molecule has 0 aliphatic carbocycles. The fraction of sp³-hybridized carbons (Fsp3) is 0.533. The van der Waals surface area contributed by atoms with Gasteiger partial charge in [-0.05, 0) is 44.4 Å². The fourth-order valence-corrected chi connectivity index (χ4v) is 3.33. The quantitative estimate of drug-likeness (QED) is 0.870. The third-order valence-corrected chi connectivity index (χ3v) is 4.94. The highest BCUT2D eigenvalue weighted by atomic mass is 35.5. The predicted molar refractivity (Wildman–Crippen MR) is 93.3 cm³/mol. The molecule has 0 bridgehead atoms. The SMILES string of the molecule is Cl.OC1CCCNC1CCCn1cnc2c(Cl)c(Cl)ccc21. The second-order valence-corrected chi connectivity index (χ2v) is 6.36. The van der Waals surface area contributed by atoms with Crippen molar-refractivity contribution in [1.29, 1.82) is 0 Å². The Morgan fingerprint density at radius 2 is 2.18 bits per heavy atom. The highest BCUT2D eigenvalue weighted by Crippen LogP contribution is 2.29. The molecule has 2 atom stereocenters. The standard InChI is InChI=1S/C15H19Cl2N3O.ClH/c16-10-5-6-12-15(14(10)17)19-9-20(12)8-2-3-11-13(21)4-1-7-18-11;/h5-6,9,11,13,18,21H,1-4,7-8H2;1H. The van der Waals surface area contributed by atoms with Gasteiger partial charge in [0.2, 0.25) is 0 Å². The summed E-state index contributed by atoms with van der Waals surface area (Å²) < 4.78 is 2.09. The van der Waals surface area contributed by atoms with Crippen molar-refractivity contribution in [3.63, 3.8) is 0 Å². The third kappa shape index (κ3) is 3.69. The number of nitrogens with zero attached hydrogens (tertiary/aromatic N) is 2. The molecule has 1 saturated heterocycles. The number of aromatic nitrogens is 2. The van der Waals surface area contributed by atoms with Crippen molar-refractivity contribution in [2.75, 3.05) is 6.54 Å². The first-order chi connectivity index (χ1) is 10.2. The summed E-state index contributed by atoms with van der Waals surface area (Å²) in [5, 5.41) is 14.4. The molecule has 1 aliphatic heterocycles. The summed E-state index contributed by atoms with van der Waals surface area (Å²) in [4.78, 5) is 4.34. The molecule has 0 spiro atoms. The van der Waals surface area contributed by atoms with Gasteiger partial charge in [-0.1, -0.05) is 23.2 Å². The summed E-state index contributed by atoms with van der Waals surface area (Å²) in [7, 11) is 0. The molecule has 2 aromatic rings. The highest BCUT2D eigenvalue weighted by molar-refractivity contribution is 6.44. The maximum atomic E-state index is 9.95. The Hall–Kier alpha value is -0.520. The number of halogens is 3. The number of aliphatic hydroxyl groups excluding tert-OH is 1. The molecular formula is C15H20Cl3N3O. The Morgan fingerprint density at radius 1 is 1.36 bits per heavy atom. The molecule has 4 nitrogen and oxygen atoms in total. The number of hydrogen-bond donors (Lipinski definition) is 2. The molecule has 1 aromatic carbocycles. The number of imidazole rings is 1. The van der Waals surface area contributed by atoms with Gasteiger partial charge < -0.3 is 15.0 Å². The number of piperidine rings is 1. The van der Waals surface area contributed by atoms with Gasteiger partial charge in [-0.3, -0.25) is 0 Å². The molecule has 0 radical (unpaired) electrons. The van der Waals surface area contributed by atoms with Crippen LogP contribution in [0.5, 0.6) is 0 Å². The van der Waals surface area contributed by atoms with Gasteiger partial charge in [-0.15, -0.1) is 12.4 Å². The van der Waals surface area contributed by atoms with E-state index in [9.17, 15) is 5.11 Å². The topological polar surface area (TPSA) is 50.1 Å². The van der Waals surface area contributed by atoms with Crippen LogP contribution in [0.1, 0.15) is 25.7 Å². The normalized spacial score (nSPS) is 21.8. The van der Waals surface area contributed by atoms with E-state index in [0.717, 1.165) is 49.8 Å². The summed E-state index contributed by atoms with van der Waals surface area (Å²) >= 11 is 12.2. The molecule has 122 valence electrons. The van der Waals surface area contributed by atoms with Crippen LogP contribution in [-0.2, 0) is 6.54 Å². The Morgan fingerprint density at radius 3 is 2.95 bits per heavy atom. The smallest absolute Gasteiger partial charge is 0.109 e. The van der Waals surface area contributed by atoms with Crippen LogP contribution in [0, 0.1) is 0 Å². The minimum Gasteiger partial charge on any atom is -0.392 e. The molecule has 22 heavy (non-hydrogen) atoms. The maximum absolute atomic E-state index is 9.95. The van der Waals surface area contributed by atoms with Crippen molar-refractivity contribution in [1.82, 2.24) is 14.9 Å². The molecule has 0 amide bonds. The van der Waals surface area contributed by atoms with E-state index in [2.05, 4.69) is 14.9 Å². The summed E-state index contributed by atoms with van der Waals surface area (Å²) in [6.07, 6.45) is 5.50. The zero-order valence-corrected chi connectivity index (χ0v) is 14.5. The van der Waals surface area contributed by atoms with Crippen LogP contribution in [0.15, 0.2) is 18.5 Å². The summed E-state index contributed by atoms with van der Waals surface area (Å²) in [6, 6.07) is 3.97. The average molecular weight is 365 g/mol. The summed E-state index contributed by atoms with van der Waals surface area (Å²) in [5.41, 5.74) is 1.75. The lowest BCUT2D eigenvalue weighted by molar-refractivity contribution is 0.0909. The van der Waals surface area contributed by atoms with Crippen molar-refractivity contribution in [2.24, 2.45) is 0 Å². The minimum atomic E-state index is -0.216. The molecule has 1 fully saturated rings. The van der Waals surface area contributed by atoms with Crippen LogP contribution in [0.4, 0.5) is 0 Å². The zero-order valence-electron chi connectivity index (χ0n) is 12.1. The van der Waals surface area contributed by atoms with Crippen LogP contribution < -0.4 is 5.32 Å². The monoisotopic (exact) mass is 363 g/mol. The van der Waals surface area contributed by atoms with Gasteiger partial charge in [-0.25, -0.2) is 4.98 Å². The lowest BCUT2D eigenvalue weighted by Crippen LogP contribution is -2.44. The molecule has 0 saturated carbocycles. The van der Waals surface area contributed by atoms with E-state index < -0.39 is 0 Å². The van der Waals surface area contributed by atoms with Gasteiger partial charge in [0.15, 0.2) is 0 Å².